The van der Waals surface area contributed by atoms with E-state index >= 15 is 0 Å². The van der Waals surface area contributed by atoms with Gasteiger partial charge in [0.1, 0.15) is 19.3 Å². The predicted octanol–water partition coefficient (Wildman–Crippen LogP) is 2.02. The molecule has 8 heteroatoms. The summed E-state index contributed by atoms with van der Waals surface area (Å²) in [5.41, 5.74) is 3.96. The number of ether oxygens (including phenoxy) is 2. The van der Waals surface area contributed by atoms with Crippen molar-refractivity contribution in [3.05, 3.63) is 48.3 Å². The Morgan fingerprint density at radius 3 is 2.77 bits per heavy atom. The number of morpholine rings is 1. The number of pyridine rings is 1. The van der Waals surface area contributed by atoms with Crippen molar-refractivity contribution < 1.29 is 19.4 Å². The summed E-state index contributed by atoms with van der Waals surface area (Å²) < 4.78 is 11.5. The fraction of sp³-hybridized carbons (Fsp3) is 0.364. The zero-order valence-electron chi connectivity index (χ0n) is 17.0. The van der Waals surface area contributed by atoms with Gasteiger partial charge in [-0.1, -0.05) is 31.2 Å². The predicted molar refractivity (Wildman–Crippen MR) is 111 cm³/mol. The first-order valence-corrected chi connectivity index (χ1v) is 9.86. The van der Waals surface area contributed by atoms with Crippen LogP contribution in [0.1, 0.15) is 18.4 Å². The maximum Gasteiger partial charge on any atom is 0.248 e. The number of amides is 1. The second-order valence-corrected chi connectivity index (χ2v) is 7.46. The Labute approximate surface area is 174 Å². The van der Waals surface area contributed by atoms with Gasteiger partial charge < -0.3 is 19.5 Å². The summed E-state index contributed by atoms with van der Waals surface area (Å²) in [5.74, 6) is 0.419. The van der Waals surface area contributed by atoms with E-state index in [-0.39, 0.29) is 37.7 Å². The minimum absolute atomic E-state index is 0.0401. The van der Waals surface area contributed by atoms with E-state index in [9.17, 15) is 9.90 Å². The van der Waals surface area contributed by atoms with Gasteiger partial charge >= 0.3 is 0 Å². The number of hydrogen-bond acceptors (Lipinski definition) is 7. The number of rotatable bonds is 6. The Kier molecular flexibility index (Phi) is 5.87. The highest BCUT2D eigenvalue weighted by Gasteiger charge is 2.24. The Hall–Kier alpha value is -3.10. The highest BCUT2D eigenvalue weighted by atomic mass is 16.5. The lowest BCUT2D eigenvalue weighted by molar-refractivity contribution is -0.148. The van der Waals surface area contributed by atoms with Gasteiger partial charge in [0, 0.05) is 44.1 Å². The third kappa shape index (κ3) is 4.24. The fourth-order valence-corrected chi connectivity index (χ4v) is 3.31. The molecule has 156 valence electrons. The largest absolute Gasteiger partial charge is 0.473 e. The zero-order chi connectivity index (χ0) is 21.1. The molecule has 0 radical (unpaired) electrons. The molecule has 0 spiro atoms. The highest BCUT2D eigenvalue weighted by molar-refractivity contribution is 5.83. The SMILES string of the molecule is CC(CO)c1ccc(-c2cc3nccnc3c(OC[C@@H]3CN(C)C(=O)CO3)n2)cc1. The summed E-state index contributed by atoms with van der Waals surface area (Å²) in [5, 5.41) is 9.35. The Morgan fingerprint density at radius 2 is 2.03 bits per heavy atom. The lowest BCUT2D eigenvalue weighted by atomic mass is 9.99. The maximum atomic E-state index is 11.6. The van der Waals surface area contributed by atoms with Crippen LogP contribution in [0.3, 0.4) is 0 Å². The van der Waals surface area contributed by atoms with Crippen LogP contribution in [0.5, 0.6) is 5.88 Å². The van der Waals surface area contributed by atoms with Crippen LogP contribution in [-0.4, -0.2) is 70.4 Å². The zero-order valence-corrected chi connectivity index (χ0v) is 17.0. The summed E-state index contributed by atoms with van der Waals surface area (Å²) >= 11 is 0. The smallest absolute Gasteiger partial charge is 0.248 e. The van der Waals surface area contributed by atoms with Crippen LogP contribution < -0.4 is 4.74 Å². The van der Waals surface area contributed by atoms with Crippen molar-refractivity contribution in [3.8, 4) is 17.1 Å². The van der Waals surface area contributed by atoms with Gasteiger partial charge in [0.15, 0.2) is 5.52 Å². The molecule has 1 N–H and O–H groups in total. The van der Waals surface area contributed by atoms with E-state index in [2.05, 4.69) is 15.0 Å². The number of carbonyl (C=O) groups is 1. The third-order valence-electron chi connectivity index (χ3n) is 5.23. The molecular weight excluding hydrogens is 384 g/mol. The number of benzene rings is 1. The molecule has 8 nitrogen and oxygen atoms in total. The molecule has 0 saturated carbocycles. The molecule has 3 heterocycles. The Balaban J connectivity index is 1.60. The monoisotopic (exact) mass is 408 g/mol. The molecule has 2 aromatic heterocycles. The topological polar surface area (TPSA) is 97.7 Å². The molecule has 1 fully saturated rings. The van der Waals surface area contributed by atoms with E-state index < -0.39 is 0 Å². The Bertz CT molecular complexity index is 1040. The number of fused-ring (bicyclic) bond motifs is 1. The normalized spacial score (nSPS) is 17.9. The summed E-state index contributed by atoms with van der Waals surface area (Å²) in [7, 11) is 1.75. The van der Waals surface area contributed by atoms with Crippen LogP contribution in [0.25, 0.3) is 22.3 Å². The minimum atomic E-state index is -0.232. The van der Waals surface area contributed by atoms with Crippen LogP contribution in [-0.2, 0) is 9.53 Å². The second kappa shape index (κ2) is 8.73. The average Bonchev–Trinajstić information content (AvgIpc) is 2.79. The summed E-state index contributed by atoms with van der Waals surface area (Å²) in [6.45, 7) is 2.85. The molecular formula is C22H24N4O4. The Morgan fingerprint density at radius 1 is 1.27 bits per heavy atom. The van der Waals surface area contributed by atoms with Crippen molar-refractivity contribution in [2.45, 2.75) is 18.9 Å². The number of aliphatic hydroxyl groups excluding tert-OH is 1. The van der Waals surface area contributed by atoms with E-state index in [1.807, 2.05) is 37.3 Å². The lowest BCUT2D eigenvalue weighted by Crippen LogP contribution is -2.46. The quantitative estimate of drug-likeness (QED) is 0.666. The van der Waals surface area contributed by atoms with Gasteiger partial charge in [-0.2, -0.15) is 0 Å². The lowest BCUT2D eigenvalue weighted by Gasteiger charge is -2.29. The highest BCUT2D eigenvalue weighted by Crippen LogP contribution is 2.28. The van der Waals surface area contributed by atoms with Gasteiger partial charge in [-0.05, 0) is 11.6 Å². The van der Waals surface area contributed by atoms with Crippen LogP contribution in [0.2, 0.25) is 0 Å². The molecule has 1 saturated heterocycles. The van der Waals surface area contributed by atoms with Gasteiger partial charge in [0.05, 0.1) is 11.2 Å². The second-order valence-electron chi connectivity index (χ2n) is 7.46. The standard InChI is InChI=1S/C22H24N4O4/c1-14(11-27)15-3-5-16(6-4-15)18-9-19-21(24-8-7-23-19)22(25-18)30-12-17-10-26(2)20(28)13-29-17/h3-9,14,17,27H,10-13H2,1-2H3/t14?,17-/m0/s1. The number of hydrogen-bond donors (Lipinski definition) is 1. The number of aromatic nitrogens is 3. The van der Waals surface area contributed by atoms with Crippen molar-refractivity contribution in [3.63, 3.8) is 0 Å². The van der Waals surface area contributed by atoms with Crippen molar-refractivity contribution in [1.82, 2.24) is 19.9 Å². The van der Waals surface area contributed by atoms with Crippen molar-refractivity contribution in [2.24, 2.45) is 0 Å². The summed E-state index contributed by atoms with van der Waals surface area (Å²) in [4.78, 5) is 26.7. The van der Waals surface area contributed by atoms with E-state index in [4.69, 9.17) is 9.47 Å². The van der Waals surface area contributed by atoms with Gasteiger partial charge in [0.25, 0.3) is 0 Å². The first-order valence-electron chi connectivity index (χ1n) is 9.86. The van der Waals surface area contributed by atoms with Gasteiger partial charge in [-0.3, -0.25) is 9.78 Å². The van der Waals surface area contributed by atoms with Crippen LogP contribution in [0.15, 0.2) is 42.7 Å². The summed E-state index contributed by atoms with van der Waals surface area (Å²) in [6.07, 6.45) is 3.00. The van der Waals surface area contributed by atoms with Gasteiger partial charge in [0.2, 0.25) is 11.8 Å². The van der Waals surface area contributed by atoms with Gasteiger partial charge in [-0.15, -0.1) is 0 Å². The van der Waals surface area contributed by atoms with Crippen molar-refractivity contribution in [1.29, 1.82) is 0 Å². The summed E-state index contributed by atoms with van der Waals surface area (Å²) in [6, 6.07) is 9.80. The maximum absolute atomic E-state index is 11.6. The van der Waals surface area contributed by atoms with E-state index in [0.29, 0.717) is 23.5 Å². The van der Waals surface area contributed by atoms with E-state index in [1.165, 1.54) is 0 Å². The molecule has 1 aliphatic heterocycles. The van der Waals surface area contributed by atoms with Gasteiger partial charge in [-0.25, -0.2) is 9.97 Å². The number of aliphatic hydroxyl groups is 1. The molecule has 1 unspecified atom stereocenters. The first-order chi connectivity index (χ1) is 14.5. The molecule has 3 aromatic rings. The molecule has 0 bridgehead atoms. The fourth-order valence-electron chi connectivity index (χ4n) is 3.31. The number of nitrogens with zero attached hydrogens (tertiary/aromatic N) is 4. The first kappa shape index (κ1) is 20.2. The molecule has 2 atom stereocenters. The van der Waals surface area contributed by atoms with Crippen molar-refractivity contribution in [2.75, 3.05) is 33.4 Å². The average molecular weight is 408 g/mol. The van der Waals surface area contributed by atoms with E-state index in [0.717, 1.165) is 16.8 Å². The molecule has 30 heavy (non-hydrogen) atoms. The van der Waals surface area contributed by atoms with Crippen molar-refractivity contribution >= 4 is 16.9 Å². The minimum Gasteiger partial charge on any atom is -0.473 e. The third-order valence-corrected chi connectivity index (χ3v) is 5.23. The van der Waals surface area contributed by atoms with Crippen LogP contribution in [0, 0.1) is 0 Å². The molecule has 4 rings (SSSR count). The molecule has 1 aromatic carbocycles. The van der Waals surface area contributed by atoms with Crippen LogP contribution >= 0.6 is 0 Å². The molecule has 1 amide bonds. The molecule has 1 aliphatic rings. The van der Waals surface area contributed by atoms with Crippen LogP contribution in [0.4, 0.5) is 0 Å². The van der Waals surface area contributed by atoms with E-state index in [1.54, 1.807) is 24.3 Å². The number of likely N-dealkylation sites (N-methyl/N-ethyl adjacent to an activating group) is 1. The number of carbonyl (C=O) groups excluding carboxylic acids is 1. The molecule has 0 aliphatic carbocycles.